The fraction of sp³-hybridized carbons (Fsp3) is 0.579. The number of methoxy groups -OCH3 is 2. The number of nitrogens with one attached hydrogen (secondary N) is 2. The Morgan fingerprint density at radius 3 is 2.50 bits per heavy atom. The van der Waals surface area contributed by atoms with Gasteiger partial charge in [-0.05, 0) is 23.6 Å². The average Bonchev–Trinajstić information content (AvgIpc) is 2.62. The number of hydrogen-bond donors (Lipinski definition) is 2. The molecule has 7 nitrogen and oxygen atoms in total. The fourth-order valence-corrected chi connectivity index (χ4v) is 2.93. The lowest BCUT2D eigenvalue weighted by Crippen LogP contribution is -2.56. The Balaban J connectivity index is 2.10. The number of carbonyl (C=O) groups is 2. The predicted molar refractivity (Wildman–Crippen MR) is 99.2 cm³/mol. The van der Waals surface area contributed by atoms with E-state index in [0.717, 1.165) is 5.56 Å². The molecule has 2 rings (SSSR count). The third-order valence-corrected chi connectivity index (χ3v) is 4.32. The number of carbonyl (C=O) groups excluding carboxylic acids is 2. The molecular formula is C19H29N3O4. The van der Waals surface area contributed by atoms with Gasteiger partial charge in [0, 0.05) is 32.2 Å². The summed E-state index contributed by atoms with van der Waals surface area (Å²) < 4.78 is 10.6. The van der Waals surface area contributed by atoms with Crippen molar-refractivity contribution in [3.05, 3.63) is 23.8 Å². The number of hydrogen-bond acceptors (Lipinski definition) is 5. The largest absolute Gasteiger partial charge is 0.497 e. The maximum atomic E-state index is 12.3. The van der Waals surface area contributed by atoms with Gasteiger partial charge < -0.3 is 20.1 Å². The molecule has 0 saturated carbocycles. The van der Waals surface area contributed by atoms with Gasteiger partial charge in [0.05, 0.1) is 26.7 Å². The van der Waals surface area contributed by atoms with E-state index >= 15 is 0 Å². The summed E-state index contributed by atoms with van der Waals surface area (Å²) in [6, 6.07) is 5.17. The molecule has 1 atom stereocenters. The van der Waals surface area contributed by atoms with E-state index in [1.165, 1.54) is 0 Å². The van der Waals surface area contributed by atoms with Gasteiger partial charge >= 0.3 is 0 Å². The van der Waals surface area contributed by atoms with Crippen LogP contribution in [0.25, 0.3) is 0 Å². The first-order valence-electron chi connectivity index (χ1n) is 8.93. The quantitative estimate of drug-likeness (QED) is 0.725. The summed E-state index contributed by atoms with van der Waals surface area (Å²) in [5, 5.41) is 5.74. The highest BCUT2D eigenvalue weighted by Gasteiger charge is 2.31. The molecule has 7 heteroatoms. The molecule has 1 fully saturated rings. The first-order valence-corrected chi connectivity index (χ1v) is 8.93. The Hall–Kier alpha value is -2.28. The molecule has 0 bridgehead atoms. The summed E-state index contributed by atoms with van der Waals surface area (Å²) >= 11 is 0. The van der Waals surface area contributed by atoms with Gasteiger partial charge in [0.15, 0.2) is 0 Å². The number of benzene rings is 1. The van der Waals surface area contributed by atoms with Crippen LogP contribution in [0.2, 0.25) is 0 Å². The van der Waals surface area contributed by atoms with Crippen molar-refractivity contribution in [1.29, 1.82) is 0 Å². The van der Waals surface area contributed by atoms with E-state index < -0.39 is 6.04 Å². The molecule has 2 amide bonds. The molecule has 1 aromatic carbocycles. The van der Waals surface area contributed by atoms with E-state index in [9.17, 15) is 9.59 Å². The van der Waals surface area contributed by atoms with E-state index in [1.54, 1.807) is 14.2 Å². The number of amides is 2. The second-order valence-electron chi connectivity index (χ2n) is 6.90. The van der Waals surface area contributed by atoms with Gasteiger partial charge in [0.25, 0.3) is 0 Å². The van der Waals surface area contributed by atoms with Crippen molar-refractivity contribution in [2.24, 2.45) is 5.92 Å². The summed E-state index contributed by atoms with van der Waals surface area (Å²) in [6.45, 7) is 6.49. The highest BCUT2D eigenvalue weighted by molar-refractivity contribution is 5.88. The van der Waals surface area contributed by atoms with Crippen LogP contribution < -0.4 is 20.1 Å². The molecule has 1 unspecified atom stereocenters. The minimum atomic E-state index is -0.479. The summed E-state index contributed by atoms with van der Waals surface area (Å²) in [5.74, 6) is 1.57. The third-order valence-electron chi connectivity index (χ3n) is 4.32. The van der Waals surface area contributed by atoms with Crippen LogP contribution in [0.15, 0.2) is 18.2 Å². The van der Waals surface area contributed by atoms with E-state index in [2.05, 4.69) is 10.6 Å². The van der Waals surface area contributed by atoms with Crippen molar-refractivity contribution in [1.82, 2.24) is 15.5 Å². The van der Waals surface area contributed by atoms with Gasteiger partial charge in [-0.3, -0.25) is 14.5 Å². The summed E-state index contributed by atoms with van der Waals surface area (Å²) in [4.78, 5) is 26.6. The van der Waals surface area contributed by atoms with E-state index in [0.29, 0.717) is 43.6 Å². The molecule has 1 heterocycles. The molecule has 0 radical (unpaired) electrons. The first-order chi connectivity index (χ1) is 12.4. The fourth-order valence-electron chi connectivity index (χ4n) is 2.93. The van der Waals surface area contributed by atoms with Crippen LogP contribution in [-0.2, 0) is 16.1 Å². The topological polar surface area (TPSA) is 79.9 Å². The van der Waals surface area contributed by atoms with Crippen LogP contribution in [-0.4, -0.2) is 56.6 Å². The zero-order valence-electron chi connectivity index (χ0n) is 16.0. The van der Waals surface area contributed by atoms with Crippen molar-refractivity contribution in [3.8, 4) is 11.5 Å². The monoisotopic (exact) mass is 363 g/mol. The number of rotatable bonds is 8. The predicted octanol–water partition coefficient (Wildman–Crippen LogP) is 1.17. The van der Waals surface area contributed by atoms with Crippen LogP contribution in [0, 0.1) is 5.92 Å². The van der Waals surface area contributed by atoms with Gasteiger partial charge in [0.2, 0.25) is 11.8 Å². The Morgan fingerprint density at radius 2 is 1.92 bits per heavy atom. The second-order valence-corrected chi connectivity index (χ2v) is 6.90. The maximum Gasteiger partial charge on any atom is 0.237 e. The summed E-state index contributed by atoms with van der Waals surface area (Å²) in [5.41, 5.74) is 0.975. The standard InChI is InChI=1S/C19H29N3O4/c1-13(2)11-21-18(23)10-17-19(24)20-5-6-22(17)12-14-7-15(25-3)9-16(8-14)26-4/h7-9,13,17H,5-6,10-12H2,1-4H3,(H,20,24)(H,21,23). The van der Waals surface area contributed by atoms with Gasteiger partial charge in [-0.25, -0.2) is 0 Å². The summed E-state index contributed by atoms with van der Waals surface area (Å²) in [7, 11) is 3.21. The van der Waals surface area contributed by atoms with Gasteiger partial charge in [-0.2, -0.15) is 0 Å². The van der Waals surface area contributed by atoms with Crippen molar-refractivity contribution in [2.75, 3.05) is 33.9 Å². The molecule has 1 aliphatic heterocycles. The van der Waals surface area contributed by atoms with E-state index in [4.69, 9.17) is 9.47 Å². The van der Waals surface area contributed by atoms with Crippen LogP contribution in [0.5, 0.6) is 11.5 Å². The molecule has 0 aliphatic carbocycles. The highest BCUT2D eigenvalue weighted by Crippen LogP contribution is 2.24. The first kappa shape index (κ1) is 20.0. The Labute approximate surface area is 155 Å². The molecular weight excluding hydrogens is 334 g/mol. The lowest BCUT2D eigenvalue weighted by Gasteiger charge is -2.34. The zero-order chi connectivity index (χ0) is 19.1. The van der Waals surface area contributed by atoms with Crippen molar-refractivity contribution < 1.29 is 19.1 Å². The molecule has 0 aromatic heterocycles. The van der Waals surface area contributed by atoms with Gasteiger partial charge in [-0.15, -0.1) is 0 Å². The molecule has 1 aliphatic rings. The molecule has 0 spiro atoms. The third kappa shape index (κ3) is 5.62. The number of piperazine rings is 1. The highest BCUT2D eigenvalue weighted by atomic mass is 16.5. The van der Waals surface area contributed by atoms with Crippen LogP contribution in [0.1, 0.15) is 25.8 Å². The average molecular weight is 363 g/mol. The number of nitrogens with zero attached hydrogens (tertiary/aromatic N) is 1. The molecule has 26 heavy (non-hydrogen) atoms. The Bertz CT molecular complexity index is 611. The molecule has 1 aromatic rings. The minimum Gasteiger partial charge on any atom is -0.497 e. The van der Waals surface area contributed by atoms with Crippen molar-refractivity contribution >= 4 is 11.8 Å². The van der Waals surface area contributed by atoms with Gasteiger partial charge in [-0.1, -0.05) is 13.8 Å². The lowest BCUT2D eigenvalue weighted by atomic mass is 10.1. The normalized spacial score (nSPS) is 17.7. The smallest absolute Gasteiger partial charge is 0.237 e. The number of ether oxygens (including phenoxy) is 2. The molecule has 2 N–H and O–H groups in total. The molecule has 144 valence electrons. The summed E-state index contributed by atoms with van der Waals surface area (Å²) in [6.07, 6.45) is 0.152. The van der Waals surface area contributed by atoms with Gasteiger partial charge in [0.1, 0.15) is 11.5 Å². The maximum absolute atomic E-state index is 12.3. The van der Waals surface area contributed by atoms with Crippen LogP contribution in [0.3, 0.4) is 0 Å². The Kier molecular flexibility index (Phi) is 7.26. The van der Waals surface area contributed by atoms with Crippen molar-refractivity contribution in [3.63, 3.8) is 0 Å². The van der Waals surface area contributed by atoms with Crippen LogP contribution >= 0.6 is 0 Å². The van der Waals surface area contributed by atoms with E-state index in [-0.39, 0.29) is 18.2 Å². The Morgan fingerprint density at radius 1 is 1.27 bits per heavy atom. The second kappa shape index (κ2) is 9.43. The zero-order valence-corrected chi connectivity index (χ0v) is 16.0. The SMILES string of the molecule is COc1cc(CN2CCNC(=O)C2CC(=O)NCC(C)C)cc(OC)c1. The minimum absolute atomic E-state index is 0.103. The lowest BCUT2D eigenvalue weighted by molar-refractivity contribution is -0.134. The van der Waals surface area contributed by atoms with E-state index in [1.807, 2.05) is 36.9 Å². The van der Waals surface area contributed by atoms with Crippen molar-refractivity contribution in [2.45, 2.75) is 32.9 Å². The van der Waals surface area contributed by atoms with Crippen LogP contribution in [0.4, 0.5) is 0 Å². The molecule has 1 saturated heterocycles.